The third kappa shape index (κ3) is 6.55. The van der Waals surface area contributed by atoms with Gasteiger partial charge in [-0.05, 0) is 102 Å². The minimum atomic E-state index is -0.333. The number of para-hydroxylation sites is 11. The van der Waals surface area contributed by atoms with E-state index in [-0.39, 0.29) is 12.1 Å². The van der Waals surface area contributed by atoms with Crippen LogP contribution < -0.4 is 9.80 Å². The standard InChI is InChI=1S/C81H51N7/c82-50-51-25-24-26-52(49-51)74-76(84-64-39-14-4-29-54(64)55-30-5-15-40-65(55)84)78(86-68-43-18-8-33-58(68)59-34-9-19-44-69(59)86)80(88-73-48-23-13-38-63(73)75-62-37-12-22-47-72(62)83(81(75)88)53-27-2-1-3-28-53)79(87-70-45-20-10-35-60(70)61-36-11-21-46-71(61)87)77(74)85-66-41-16-6-31-56(66)57-32-7-17-42-67(57)85/h1-49,75,81H. The number of hydrogen-bond acceptors (Lipinski definition) is 3. The van der Waals surface area contributed by atoms with Gasteiger partial charge in [0.15, 0.2) is 0 Å². The molecule has 88 heavy (non-hydrogen) atoms. The van der Waals surface area contributed by atoms with Crippen molar-refractivity contribution in [1.29, 1.82) is 5.26 Å². The van der Waals surface area contributed by atoms with Gasteiger partial charge in [-0.25, -0.2) is 0 Å². The van der Waals surface area contributed by atoms with Crippen LogP contribution in [0.15, 0.2) is 297 Å². The van der Waals surface area contributed by atoms with Crippen molar-refractivity contribution in [2.24, 2.45) is 0 Å². The fraction of sp³-hybridized carbons (Fsp3) is 0.0247. The Hall–Kier alpha value is -11.9. The first-order chi connectivity index (χ1) is 43.7. The topological polar surface area (TPSA) is 50.0 Å². The summed E-state index contributed by atoms with van der Waals surface area (Å²) in [6, 6.07) is 112. The largest absolute Gasteiger partial charge is 0.319 e. The van der Waals surface area contributed by atoms with Gasteiger partial charge in [0.05, 0.1) is 90.1 Å². The molecule has 0 fully saturated rings. The molecule has 17 aromatic rings. The Morgan fingerprint density at radius 2 is 0.591 bits per heavy atom. The van der Waals surface area contributed by atoms with Gasteiger partial charge in [0, 0.05) is 65.7 Å². The number of benzene rings is 13. The van der Waals surface area contributed by atoms with Gasteiger partial charge in [0.1, 0.15) is 6.17 Å². The van der Waals surface area contributed by atoms with E-state index in [1.54, 1.807) is 0 Å². The second-order valence-electron chi connectivity index (χ2n) is 23.4. The first-order valence-electron chi connectivity index (χ1n) is 30.2. The molecule has 0 aliphatic carbocycles. The Balaban J connectivity index is 1.18. The van der Waals surface area contributed by atoms with Crippen LogP contribution in [0, 0.1) is 11.3 Å². The minimum absolute atomic E-state index is 0.0926. The lowest BCUT2D eigenvalue weighted by atomic mass is 9.93. The van der Waals surface area contributed by atoms with Crippen LogP contribution in [-0.4, -0.2) is 24.4 Å². The highest BCUT2D eigenvalue weighted by molar-refractivity contribution is 6.19. The number of rotatable bonds is 7. The van der Waals surface area contributed by atoms with Crippen molar-refractivity contribution in [3.63, 3.8) is 0 Å². The van der Waals surface area contributed by atoms with E-state index in [4.69, 9.17) is 0 Å². The molecule has 7 nitrogen and oxygen atoms in total. The van der Waals surface area contributed by atoms with Gasteiger partial charge < -0.3 is 28.1 Å². The van der Waals surface area contributed by atoms with Crippen LogP contribution in [0.2, 0.25) is 0 Å². The van der Waals surface area contributed by atoms with Gasteiger partial charge in [0.2, 0.25) is 0 Å². The van der Waals surface area contributed by atoms with Gasteiger partial charge in [-0.1, -0.05) is 212 Å². The highest BCUT2D eigenvalue weighted by Gasteiger charge is 2.52. The van der Waals surface area contributed by atoms with Crippen molar-refractivity contribution in [2.75, 3.05) is 9.80 Å². The second kappa shape index (κ2) is 18.6. The Morgan fingerprint density at radius 1 is 0.273 bits per heavy atom. The van der Waals surface area contributed by atoms with E-state index in [0.717, 1.165) is 138 Å². The first kappa shape index (κ1) is 48.5. The van der Waals surface area contributed by atoms with Gasteiger partial charge in [-0.15, -0.1) is 0 Å². The second-order valence-corrected chi connectivity index (χ2v) is 23.4. The molecule has 13 aromatic carbocycles. The molecule has 2 aliphatic heterocycles. The van der Waals surface area contributed by atoms with Crippen molar-refractivity contribution >= 4 is 110 Å². The van der Waals surface area contributed by atoms with Crippen LogP contribution in [0.1, 0.15) is 22.6 Å². The maximum absolute atomic E-state index is 11.2. The molecule has 0 spiro atoms. The maximum atomic E-state index is 11.2. The molecule has 2 aliphatic rings. The summed E-state index contributed by atoms with van der Waals surface area (Å²) in [6.45, 7) is 0. The Kier molecular flexibility index (Phi) is 10.2. The zero-order valence-corrected chi connectivity index (χ0v) is 47.6. The van der Waals surface area contributed by atoms with Crippen LogP contribution in [0.4, 0.5) is 22.7 Å². The number of hydrogen-bond donors (Lipinski definition) is 0. The molecule has 0 radical (unpaired) electrons. The van der Waals surface area contributed by atoms with E-state index in [1.807, 2.05) is 6.07 Å². The van der Waals surface area contributed by atoms with Gasteiger partial charge in [-0.3, -0.25) is 0 Å². The van der Waals surface area contributed by atoms with Crippen molar-refractivity contribution < 1.29 is 0 Å². The van der Waals surface area contributed by atoms with E-state index in [2.05, 4.69) is 325 Å². The lowest BCUT2D eigenvalue weighted by Crippen LogP contribution is -2.41. The van der Waals surface area contributed by atoms with E-state index in [1.165, 1.54) is 16.8 Å². The number of nitriles is 1. The smallest absolute Gasteiger partial charge is 0.122 e. The Morgan fingerprint density at radius 3 is 0.966 bits per heavy atom. The Labute approximate surface area is 506 Å². The molecule has 0 saturated carbocycles. The number of aromatic nitrogens is 4. The van der Waals surface area contributed by atoms with Crippen molar-refractivity contribution in [3.05, 3.63) is 314 Å². The van der Waals surface area contributed by atoms with Gasteiger partial charge in [0.25, 0.3) is 0 Å². The lowest BCUT2D eigenvalue weighted by molar-refractivity contribution is 0.667. The SMILES string of the molecule is N#Cc1cccc(-c2c(-n3c4ccccc4c4ccccc43)c(-n3c4ccccc4c4ccccc43)c(N3c4ccccc4C4c5ccccc5N(c5ccccc5)C43)c(-n3c4ccccc4c4ccccc43)c2-n2c3ccccc3c3ccccc32)c1. The van der Waals surface area contributed by atoms with Crippen molar-refractivity contribution in [1.82, 2.24) is 18.3 Å². The predicted octanol–water partition coefficient (Wildman–Crippen LogP) is 20.4. The lowest BCUT2D eigenvalue weighted by Gasteiger charge is -2.40. The van der Waals surface area contributed by atoms with Crippen molar-refractivity contribution in [3.8, 4) is 39.9 Å². The van der Waals surface area contributed by atoms with Crippen LogP contribution in [0.25, 0.3) is 121 Å². The molecular formula is C81H51N7. The van der Waals surface area contributed by atoms with Crippen molar-refractivity contribution in [2.45, 2.75) is 12.1 Å². The summed E-state index contributed by atoms with van der Waals surface area (Å²) in [5, 5.41) is 20.4. The molecule has 19 rings (SSSR count). The summed E-state index contributed by atoms with van der Waals surface area (Å²) in [7, 11) is 0. The molecule has 0 saturated heterocycles. The monoisotopic (exact) mass is 1120 g/mol. The molecule has 0 amide bonds. The molecule has 6 heterocycles. The average Bonchev–Trinajstić information content (AvgIpc) is 1.44. The van der Waals surface area contributed by atoms with E-state index >= 15 is 0 Å². The van der Waals surface area contributed by atoms with Crippen LogP contribution >= 0.6 is 0 Å². The first-order valence-corrected chi connectivity index (χ1v) is 30.2. The molecule has 0 bridgehead atoms. The van der Waals surface area contributed by atoms with E-state index in [9.17, 15) is 5.26 Å². The third-order valence-corrected chi connectivity index (χ3v) is 19.0. The number of fused-ring (bicyclic) bond motifs is 17. The third-order valence-electron chi connectivity index (χ3n) is 19.0. The molecular weight excluding hydrogens is 1070 g/mol. The predicted molar refractivity (Wildman–Crippen MR) is 363 cm³/mol. The molecule has 2 unspecified atom stereocenters. The highest BCUT2D eigenvalue weighted by Crippen LogP contribution is 2.63. The number of nitrogens with zero attached hydrogens (tertiary/aromatic N) is 7. The van der Waals surface area contributed by atoms with Crippen LogP contribution in [0.5, 0.6) is 0 Å². The Bertz CT molecular complexity index is 5350. The molecule has 4 aromatic heterocycles. The zero-order valence-electron chi connectivity index (χ0n) is 47.6. The minimum Gasteiger partial charge on any atom is -0.319 e. The normalized spacial score (nSPS) is 14.5. The molecule has 7 heteroatoms. The molecule has 410 valence electrons. The van der Waals surface area contributed by atoms with Crippen LogP contribution in [-0.2, 0) is 0 Å². The summed E-state index contributed by atoms with van der Waals surface area (Å²) < 4.78 is 10.4. The van der Waals surface area contributed by atoms with Gasteiger partial charge in [-0.2, -0.15) is 5.26 Å². The average molecular weight is 1120 g/mol. The summed E-state index contributed by atoms with van der Waals surface area (Å²) in [5.74, 6) is -0.0926. The molecule has 0 N–H and O–H groups in total. The summed E-state index contributed by atoms with van der Waals surface area (Å²) in [5.41, 5.74) is 21.8. The highest BCUT2D eigenvalue weighted by atomic mass is 15.4. The summed E-state index contributed by atoms with van der Waals surface area (Å²) in [4.78, 5) is 5.38. The molecule has 2 atom stereocenters. The fourth-order valence-electron chi connectivity index (χ4n) is 15.7. The number of anilines is 4. The van der Waals surface area contributed by atoms with Crippen LogP contribution in [0.3, 0.4) is 0 Å². The van der Waals surface area contributed by atoms with E-state index in [0.29, 0.717) is 5.56 Å². The fourth-order valence-corrected chi connectivity index (χ4v) is 15.7. The summed E-state index contributed by atoms with van der Waals surface area (Å²) in [6.07, 6.45) is -0.333. The summed E-state index contributed by atoms with van der Waals surface area (Å²) >= 11 is 0. The van der Waals surface area contributed by atoms with E-state index < -0.39 is 0 Å². The maximum Gasteiger partial charge on any atom is 0.122 e. The zero-order chi connectivity index (χ0) is 57.7. The van der Waals surface area contributed by atoms with Gasteiger partial charge >= 0.3 is 0 Å². The quantitative estimate of drug-likeness (QED) is 0.160.